The van der Waals surface area contributed by atoms with Gasteiger partial charge in [-0.25, -0.2) is 0 Å². The fraction of sp³-hybridized carbons (Fsp3) is 0.500. The Labute approximate surface area is 123 Å². The van der Waals surface area contributed by atoms with Crippen molar-refractivity contribution in [3.8, 4) is 0 Å². The molecule has 20 heavy (non-hydrogen) atoms. The van der Waals surface area contributed by atoms with E-state index in [-0.39, 0.29) is 33.6 Å². The molecule has 0 saturated heterocycles. The number of hydrogen-bond acceptors (Lipinski definition) is 3. The van der Waals surface area contributed by atoms with Crippen molar-refractivity contribution in [2.24, 2.45) is 5.41 Å². The van der Waals surface area contributed by atoms with Crippen LogP contribution in [0.4, 0.5) is 5.69 Å². The van der Waals surface area contributed by atoms with Crippen LogP contribution in [0.3, 0.4) is 0 Å². The van der Waals surface area contributed by atoms with Gasteiger partial charge in [0.15, 0.2) is 0 Å². The first-order valence-corrected chi connectivity index (χ1v) is 6.65. The highest BCUT2D eigenvalue weighted by atomic mass is 35.5. The summed E-state index contributed by atoms with van der Waals surface area (Å²) in [6.07, 6.45) is 0. The number of benzene rings is 1. The fourth-order valence-corrected chi connectivity index (χ4v) is 2.05. The molecule has 1 unspecified atom stereocenters. The van der Waals surface area contributed by atoms with Gasteiger partial charge < -0.3 is 4.90 Å². The Morgan fingerprint density at radius 3 is 2.40 bits per heavy atom. The van der Waals surface area contributed by atoms with Gasteiger partial charge in [-0.05, 0) is 18.4 Å². The van der Waals surface area contributed by atoms with Crippen molar-refractivity contribution >= 4 is 23.2 Å². The first-order valence-electron chi connectivity index (χ1n) is 6.27. The first-order chi connectivity index (χ1) is 9.07. The molecule has 0 N–H and O–H groups in total. The van der Waals surface area contributed by atoms with Crippen molar-refractivity contribution in [1.82, 2.24) is 4.90 Å². The van der Waals surface area contributed by atoms with Crippen LogP contribution >= 0.6 is 11.6 Å². The predicted octanol–water partition coefficient (Wildman–Crippen LogP) is 3.75. The van der Waals surface area contributed by atoms with Gasteiger partial charge in [0.2, 0.25) is 0 Å². The standard InChI is InChI=1S/C14H19ClN2O3/c1-9(14(2,3)4)16(5)13(18)10-7-6-8-11(12(10)15)17(19)20/h6-9H,1-5H3. The Bertz CT molecular complexity index is 538. The Morgan fingerprint density at radius 1 is 1.40 bits per heavy atom. The minimum absolute atomic E-state index is 0.0367. The van der Waals surface area contributed by atoms with Crippen LogP contribution in [0, 0.1) is 15.5 Å². The van der Waals surface area contributed by atoms with Crippen molar-refractivity contribution < 1.29 is 9.72 Å². The van der Waals surface area contributed by atoms with E-state index < -0.39 is 4.92 Å². The minimum atomic E-state index is -0.591. The quantitative estimate of drug-likeness (QED) is 0.630. The second-order valence-corrected chi connectivity index (χ2v) is 6.23. The van der Waals surface area contributed by atoms with E-state index in [9.17, 15) is 14.9 Å². The molecule has 0 saturated carbocycles. The van der Waals surface area contributed by atoms with Gasteiger partial charge in [0.25, 0.3) is 11.6 Å². The summed E-state index contributed by atoms with van der Waals surface area (Å²) in [7, 11) is 1.67. The number of carbonyl (C=O) groups is 1. The van der Waals surface area contributed by atoms with E-state index in [1.165, 1.54) is 18.2 Å². The molecule has 0 heterocycles. The van der Waals surface area contributed by atoms with Gasteiger partial charge >= 0.3 is 0 Å². The van der Waals surface area contributed by atoms with Gasteiger partial charge in [-0.15, -0.1) is 0 Å². The highest BCUT2D eigenvalue weighted by Crippen LogP contribution is 2.30. The summed E-state index contributed by atoms with van der Waals surface area (Å²) in [6.45, 7) is 8.01. The van der Waals surface area contributed by atoms with Crippen LogP contribution in [-0.2, 0) is 0 Å². The second-order valence-electron chi connectivity index (χ2n) is 5.85. The van der Waals surface area contributed by atoms with Crippen LogP contribution in [0.15, 0.2) is 18.2 Å². The SMILES string of the molecule is CC(N(C)C(=O)c1cccc([N+](=O)[O-])c1Cl)C(C)(C)C. The molecule has 1 aromatic carbocycles. The Morgan fingerprint density at radius 2 is 1.95 bits per heavy atom. The van der Waals surface area contributed by atoms with Gasteiger partial charge in [0, 0.05) is 19.2 Å². The molecule has 0 aliphatic rings. The minimum Gasteiger partial charge on any atom is -0.338 e. The van der Waals surface area contributed by atoms with E-state index in [1.54, 1.807) is 11.9 Å². The molecule has 0 aromatic heterocycles. The lowest BCUT2D eigenvalue weighted by molar-refractivity contribution is -0.384. The van der Waals surface area contributed by atoms with Crippen molar-refractivity contribution in [1.29, 1.82) is 0 Å². The molecule has 0 aliphatic heterocycles. The lowest BCUT2D eigenvalue weighted by Crippen LogP contribution is -2.43. The zero-order valence-electron chi connectivity index (χ0n) is 12.3. The first kappa shape index (κ1) is 16.4. The van der Waals surface area contributed by atoms with E-state index in [4.69, 9.17) is 11.6 Å². The largest absolute Gasteiger partial charge is 0.338 e. The van der Waals surface area contributed by atoms with Gasteiger partial charge in [-0.1, -0.05) is 38.4 Å². The van der Waals surface area contributed by atoms with Crippen molar-refractivity contribution in [2.75, 3.05) is 7.05 Å². The molecule has 1 atom stereocenters. The van der Waals surface area contributed by atoms with Crippen LogP contribution in [-0.4, -0.2) is 28.8 Å². The van der Waals surface area contributed by atoms with Gasteiger partial charge in [-0.3, -0.25) is 14.9 Å². The smallest absolute Gasteiger partial charge is 0.288 e. The molecule has 0 spiro atoms. The number of hydrogen-bond donors (Lipinski definition) is 0. The molecular formula is C14H19ClN2O3. The summed E-state index contributed by atoms with van der Waals surface area (Å²) in [6, 6.07) is 4.22. The predicted molar refractivity (Wildman–Crippen MR) is 79.1 cm³/mol. The molecule has 1 aromatic rings. The summed E-state index contributed by atoms with van der Waals surface area (Å²) in [5.41, 5.74) is -0.203. The molecule has 110 valence electrons. The van der Waals surface area contributed by atoms with Gasteiger partial charge in [0.1, 0.15) is 5.02 Å². The molecule has 0 fully saturated rings. The summed E-state index contributed by atoms with van der Waals surface area (Å²) in [5, 5.41) is 10.7. The molecule has 0 radical (unpaired) electrons. The number of nitro groups is 1. The molecule has 0 aliphatic carbocycles. The monoisotopic (exact) mass is 298 g/mol. The normalized spacial score (nSPS) is 12.9. The Hall–Kier alpha value is -1.62. The van der Waals surface area contributed by atoms with Crippen molar-refractivity contribution in [2.45, 2.75) is 33.7 Å². The maximum atomic E-state index is 12.4. The second kappa shape index (κ2) is 5.79. The average Bonchev–Trinajstić information content (AvgIpc) is 2.35. The topological polar surface area (TPSA) is 63.5 Å². The fourth-order valence-electron chi connectivity index (χ4n) is 1.77. The molecule has 1 amide bonds. The van der Waals surface area contributed by atoms with E-state index in [0.29, 0.717) is 0 Å². The van der Waals surface area contributed by atoms with Crippen LogP contribution < -0.4 is 0 Å². The third-order valence-corrected chi connectivity index (χ3v) is 3.96. The Kier molecular flexibility index (Phi) is 4.76. The average molecular weight is 299 g/mol. The van der Waals surface area contributed by atoms with Crippen molar-refractivity contribution in [3.63, 3.8) is 0 Å². The number of nitro benzene ring substituents is 1. The van der Waals surface area contributed by atoms with Gasteiger partial charge in [0.05, 0.1) is 10.5 Å². The number of rotatable bonds is 3. The highest BCUT2D eigenvalue weighted by molar-refractivity contribution is 6.35. The Balaban J connectivity index is 3.16. The number of halogens is 1. The highest BCUT2D eigenvalue weighted by Gasteiger charge is 2.30. The summed E-state index contributed by atoms with van der Waals surface area (Å²) < 4.78 is 0. The maximum Gasteiger partial charge on any atom is 0.288 e. The van der Waals surface area contributed by atoms with E-state index >= 15 is 0 Å². The zero-order valence-corrected chi connectivity index (χ0v) is 13.1. The molecular weight excluding hydrogens is 280 g/mol. The number of nitrogens with zero attached hydrogens (tertiary/aromatic N) is 2. The molecule has 0 bridgehead atoms. The zero-order chi connectivity index (χ0) is 15.7. The molecule has 5 nitrogen and oxygen atoms in total. The van der Waals surface area contributed by atoms with Gasteiger partial charge in [-0.2, -0.15) is 0 Å². The van der Waals surface area contributed by atoms with Crippen LogP contribution in [0.1, 0.15) is 38.1 Å². The third kappa shape index (κ3) is 3.28. The van der Waals surface area contributed by atoms with E-state index in [0.717, 1.165) is 0 Å². The van der Waals surface area contributed by atoms with E-state index in [2.05, 4.69) is 0 Å². The summed E-state index contributed by atoms with van der Waals surface area (Å²) in [4.78, 5) is 24.3. The molecule has 6 heteroatoms. The van der Waals surface area contributed by atoms with Crippen molar-refractivity contribution in [3.05, 3.63) is 38.9 Å². The number of amides is 1. The van der Waals surface area contributed by atoms with Crippen LogP contribution in [0.5, 0.6) is 0 Å². The van der Waals surface area contributed by atoms with E-state index in [1.807, 2.05) is 27.7 Å². The lowest BCUT2D eigenvalue weighted by Gasteiger charge is -2.35. The number of carbonyl (C=O) groups excluding carboxylic acids is 1. The van der Waals surface area contributed by atoms with Crippen LogP contribution in [0.2, 0.25) is 5.02 Å². The summed E-state index contributed by atoms with van der Waals surface area (Å²) in [5.74, 6) is -0.318. The maximum absolute atomic E-state index is 12.4. The third-order valence-electron chi connectivity index (χ3n) is 3.56. The molecule has 1 rings (SSSR count). The van der Waals surface area contributed by atoms with Crippen LogP contribution in [0.25, 0.3) is 0 Å². The summed E-state index contributed by atoms with van der Waals surface area (Å²) >= 11 is 5.97. The lowest BCUT2D eigenvalue weighted by atomic mass is 9.87.